The number of halogens is 9. The minimum absolute atomic E-state index is 0.0272. The molecule has 0 atom stereocenters. The Balaban J connectivity index is 2.12. The van der Waals surface area contributed by atoms with E-state index in [1.807, 2.05) is 0 Å². The molecule has 1 heterocycles. The second kappa shape index (κ2) is 8.95. The molecule has 0 saturated heterocycles. The van der Waals surface area contributed by atoms with Crippen LogP contribution in [0.3, 0.4) is 0 Å². The van der Waals surface area contributed by atoms with Crippen LogP contribution in [0.25, 0.3) is 0 Å². The van der Waals surface area contributed by atoms with Crippen LogP contribution < -0.4 is 10.2 Å². The number of alkyl halides is 8. The highest BCUT2D eigenvalue weighted by Gasteiger charge is 2.64. The summed E-state index contributed by atoms with van der Waals surface area (Å²) in [6, 6.07) is 3.43. The number of nitrogens with one attached hydrogen (secondary N) is 1. The largest absolute Gasteiger partial charge is 0.459 e. The number of anilines is 1. The van der Waals surface area contributed by atoms with Gasteiger partial charge in [0.1, 0.15) is 11.3 Å². The molecule has 2 aromatic rings. The molecule has 1 N–H and O–H groups in total. The summed E-state index contributed by atoms with van der Waals surface area (Å²) in [5, 5.41) is 5.36. The van der Waals surface area contributed by atoms with Gasteiger partial charge >= 0.3 is 18.3 Å². The number of carbonyl (C=O) groups is 2. The third kappa shape index (κ3) is 5.07. The zero-order valence-electron chi connectivity index (χ0n) is 18.0. The molecule has 15 heteroatoms. The van der Waals surface area contributed by atoms with Gasteiger partial charge in [-0.25, -0.2) is 0 Å². The third-order valence-electron chi connectivity index (χ3n) is 5.17. The maximum Gasteiger partial charge on any atom is 0.459 e. The molecule has 192 valence electrons. The normalized spacial score (nSPS) is 14.7. The van der Waals surface area contributed by atoms with Gasteiger partial charge in [0.05, 0.1) is 10.6 Å². The molecule has 1 aromatic carbocycles. The highest BCUT2D eigenvalue weighted by Crippen LogP contribution is 2.48. The van der Waals surface area contributed by atoms with Crippen molar-refractivity contribution in [2.24, 2.45) is 7.05 Å². The smallest absolute Gasteiger partial charge is 0.349 e. The fraction of sp³-hybridized carbons (Fsp3) is 0.450. The van der Waals surface area contributed by atoms with Gasteiger partial charge in [-0.2, -0.15) is 40.2 Å². The lowest BCUT2D eigenvalue weighted by atomic mass is 10.1. The number of aromatic nitrogens is 2. The monoisotopic (exact) mass is 532 g/mol. The highest BCUT2D eigenvalue weighted by atomic mass is 35.5. The fourth-order valence-electron chi connectivity index (χ4n) is 3.31. The molecule has 6 nitrogen and oxygen atoms in total. The number of hydrogen-bond acceptors (Lipinski definition) is 3. The summed E-state index contributed by atoms with van der Waals surface area (Å²) in [7, 11) is 0.642. The molecule has 1 aliphatic carbocycles. The lowest BCUT2D eigenvalue weighted by Crippen LogP contribution is -2.37. The van der Waals surface area contributed by atoms with Crippen LogP contribution in [0.1, 0.15) is 51.9 Å². The molecule has 2 amide bonds. The Hall–Kier alpha value is -2.90. The second-order valence-corrected chi connectivity index (χ2v) is 8.13. The molecule has 0 unspecified atom stereocenters. The van der Waals surface area contributed by atoms with Crippen LogP contribution in [0.5, 0.6) is 0 Å². The van der Waals surface area contributed by atoms with Crippen molar-refractivity contribution in [3.8, 4) is 0 Å². The molecule has 0 bridgehead atoms. The fourth-order valence-corrected chi connectivity index (χ4v) is 3.51. The minimum Gasteiger partial charge on any atom is -0.349 e. The first-order chi connectivity index (χ1) is 16.0. The average Bonchev–Trinajstić information content (AvgIpc) is 3.46. The average molecular weight is 533 g/mol. The van der Waals surface area contributed by atoms with Crippen LogP contribution in [0.2, 0.25) is 5.02 Å². The van der Waals surface area contributed by atoms with E-state index >= 15 is 0 Å². The Kier molecular flexibility index (Phi) is 6.83. The molecule has 1 saturated carbocycles. The van der Waals surface area contributed by atoms with Crippen molar-refractivity contribution in [1.82, 2.24) is 15.1 Å². The summed E-state index contributed by atoms with van der Waals surface area (Å²) < 4.78 is 108. The second-order valence-electron chi connectivity index (χ2n) is 7.73. The van der Waals surface area contributed by atoms with Crippen LogP contribution in [0, 0.1) is 0 Å². The Bertz CT molecular complexity index is 1160. The molecular formula is C20H17ClF8N4O2. The first-order valence-corrected chi connectivity index (χ1v) is 10.4. The Morgan fingerprint density at radius 2 is 1.74 bits per heavy atom. The zero-order chi connectivity index (χ0) is 26.5. The van der Waals surface area contributed by atoms with Gasteiger partial charge in [0.15, 0.2) is 5.69 Å². The van der Waals surface area contributed by atoms with Gasteiger partial charge in [-0.1, -0.05) is 11.6 Å². The number of nitrogens with zero attached hydrogens (tertiary/aromatic N) is 3. The van der Waals surface area contributed by atoms with Gasteiger partial charge in [0.2, 0.25) is 0 Å². The summed E-state index contributed by atoms with van der Waals surface area (Å²) in [5.74, 6) is -8.15. The Morgan fingerprint density at radius 3 is 2.23 bits per heavy atom. The molecule has 1 aromatic heterocycles. The SMILES string of the molecule is CCN(C(=O)c1c(C(F)(F)F)c(C(F)(F)C(F)(F)F)nn1C)c1ccc(Cl)c(C(=O)NC2CC2)c1. The summed E-state index contributed by atoms with van der Waals surface area (Å²) >= 11 is 6.03. The number of hydrogen-bond donors (Lipinski definition) is 1. The van der Waals surface area contributed by atoms with Crippen molar-refractivity contribution in [1.29, 1.82) is 0 Å². The topological polar surface area (TPSA) is 67.2 Å². The van der Waals surface area contributed by atoms with E-state index in [0.29, 0.717) is 11.9 Å². The van der Waals surface area contributed by atoms with Gasteiger partial charge < -0.3 is 10.2 Å². The predicted molar refractivity (Wildman–Crippen MR) is 107 cm³/mol. The van der Waals surface area contributed by atoms with Crippen LogP contribution in [-0.2, 0) is 19.1 Å². The summed E-state index contributed by atoms with van der Waals surface area (Å²) in [5.41, 5.74) is -6.92. The maximum atomic E-state index is 13.9. The number of carbonyl (C=O) groups excluding carboxylic acids is 2. The van der Waals surface area contributed by atoms with E-state index in [4.69, 9.17) is 11.6 Å². The molecule has 0 aliphatic heterocycles. The molecular weight excluding hydrogens is 516 g/mol. The number of amides is 2. The summed E-state index contributed by atoms with van der Waals surface area (Å²) in [6.07, 6.45) is -10.7. The van der Waals surface area contributed by atoms with Crippen molar-refractivity contribution in [3.63, 3.8) is 0 Å². The minimum atomic E-state index is -6.40. The van der Waals surface area contributed by atoms with Crippen LogP contribution in [-0.4, -0.2) is 40.4 Å². The number of benzene rings is 1. The predicted octanol–water partition coefficient (Wildman–Crippen LogP) is 5.31. The number of aryl methyl sites for hydroxylation is 1. The quantitative estimate of drug-likeness (QED) is 0.513. The van der Waals surface area contributed by atoms with Gasteiger partial charge in [0, 0.05) is 25.3 Å². The molecule has 1 aliphatic rings. The van der Waals surface area contributed by atoms with Crippen LogP contribution in [0.4, 0.5) is 40.8 Å². The molecule has 3 rings (SSSR count). The van der Waals surface area contributed by atoms with E-state index in [-0.39, 0.29) is 33.5 Å². The van der Waals surface area contributed by atoms with Crippen LogP contribution in [0.15, 0.2) is 18.2 Å². The standard InChI is InChI=1S/C20H17ClF8N4O2/c1-3-33(10-6-7-12(21)11(8-10)16(34)30-9-4-5-9)17(35)14-13(19(24,25)26)15(31-32(14)2)18(22,23)20(27,28)29/h6-9H,3-5H2,1-2H3,(H,30,34). The van der Waals surface area contributed by atoms with E-state index in [1.54, 1.807) is 0 Å². The van der Waals surface area contributed by atoms with Gasteiger partial charge in [-0.15, -0.1) is 0 Å². The molecule has 0 spiro atoms. The number of rotatable bonds is 6. The maximum absolute atomic E-state index is 13.9. The Morgan fingerprint density at radius 1 is 1.14 bits per heavy atom. The van der Waals surface area contributed by atoms with E-state index in [0.717, 1.165) is 18.9 Å². The first kappa shape index (κ1) is 26.7. The Labute approximate surface area is 197 Å². The van der Waals surface area contributed by atoms with E-state index in [2.05, 4.69) is 10.4 Å². The van der Waals surface area contributed by atoms with Crippen molar-refractivity contribution < 1.29 is 44.7 Å². The van der Waals surface area contributed by atoms with Gasteiger partial charge in [-0.05, 0) is 38.0 Å². The third-order valence-corrected chi connectivity index (χ3v) is 5.50. The molecule has 1 fully saturated rings. The highest BCUT2D eigenvalue weighted by molar-refractivity contribution is 6.34. The van der Waals surface area contributed by atoms with Crippen molar-refractivity contribution in [3.05, 3.63) is 45.7 Å². The molecule has 0 radical (unpaired) electrons. The van der Waals surface area contributed by atoms with Crippen LogP contribution >= 0.6 is 11.6 Å². The first-order valence-electron chi connectivity index (χ1n) is 10.0. The van der Waals surface area contributed by atoms with Crippen molar-refractivity contribution >= 4 is 29.1 Å². The van der Waals surface area contributed by atoms with Gasteiger partial charge in [-0.3, -0.25) is 14.3 Å². The zero-order valence-corrected chi connectivity index (χ0v) is 18.7. The van der Waals surface area contributed by atoms with E-state index in [9.17, 15) is 44.7 Å². The lowest BCUT2D eigenvalue weighted by molar-refractivity contribution is -0.292. The van der Waals surface area contributed by atoms with Crippen molar-refractivity contribution in [2.45, 2.75) is 44.1 Å². The lowest BCUT2D eigenvalue weighted by Gasteiger charge is -2.23. The summed E-state index contributed by atoms with van der Waals surface area (Å²) in [4.78, 5) is 26.2. The van der Waals surface area contributed by atoms with Gasteiger partial charge in [0.25, 0.3) is 11.8 Å². The van der Waals surface area contributed by atoms with E-state index < -0.39 is 47.0 Å². The van der Waals surface area contributed by atoms with E-state index in [1.165, 1.54) is 19.1 Å². The molecule has 35 heavy (non-hydrogen) atoms. The summed E-state index contributed by atoms with van der Waals surface area (Å²) in [6.45, 7) is 0.989. The van der Waals surface area contributed by atoms with Crippen molar-refractivity contribution in [2.75, 3.05) is 11.4 Å².